The van der Waals surface area contributed by atoms with Gasteiger partial charge in [0.05, 0.1) is 16.4 Å². The Balaban J connectivity index is 1.72. The molecule has 0 amide bonds. The quantitative estimate of drug-likeness (QED) is 0.218. The van der Waals surface area contributed by atoms with Crippen molar-refractivity contribution in [2.75, 3.05) is 0 Å². The van der Waals surface area contributed by atoms with E-state index < -0.39 is 34.3 Å². The summed E-state index contributed by atoms with van der Waals surface area (Å²) in [5.74, 6) is -0.649. The number of carbonyl (C=O) groups is 3. The number of fused-ring (bicyclic) bond motifs is 6. The molecule has 3 aromatic rings. The van der Waals surface area contributed by atoms with Crippen molar-refractivity contribution in [1.29, 1.82) is 0 Å². The van der Waals surface area contributed by atoms with E-state index in [1.54, 1.807) is 84.0 Å². The number of ether oxygens (including phenoxy) is 4. The normalized spacial score (nSPS) is 17.5. The van der Waals surface area contributed by atoms with Gasteiger partial charge in [0.2, 0.25) is 0 Å². The zero-order valence-electron chi connectivity index (χ0n) is 22.2. The molecule has 9 heteroatoms. The molecule has 0 saturated heterocycles. The van der Waals surface area contributed by atoms with Crippen molar-refractivity contribution in [3.05, 3.63) is 80.3 Å². The number of hydrogen-bond acceptors (Lipinski definition) is 7. The van der Waals surface area contributed by atoms with Crippen LogP contribution in [0.3, 0.4) is 0 Å². The first-order valence-corrected chi connectivity index (χ1v) is 13.4. The molecule has 0 N–H and O–H groups in total. The summed E-state index contributed by atoms with van der Waals surface area (Å²) in [6, 6.07) is 13.4. The zero-order valence-corrected chi connectivity index (χ0v) is 24.6. The van der Waals surface area contributed by atoms with Crippen LogP contribution in [0.4, 0.5) is 0 Å². The molecule has 0 saturated carbocycles. The van der Waals surface area contributed by atoms with Crippen LogP contribution >= 0.6 is 27.5 Å². The number of rotatable bonds is 2. The van der Waals surface area contributed by atoms with Crippen molar-refractivity contribution in [3.8, 4) is 23.0 Å². The molecule has 3 aromatic carbocycles. The largest absolute Gasteiger partial charge is 0.455 e. The Kier molecular flexibility index (Phi) is 6.35. The van der Waals surface area contributed by atoms with Gasteiger partial charge in [0.15, 0.2) is 17.1 Å². The minimum atomic E-state index is -1.41. The van der Waals surface area contributed by atoms with Gasteiger partial charge < -0.3 is 18.9 Å². The fourth-order valence-corrected chi connectivity index (χ4v) is 4.94. The van der Waals surface area contributed by atoms with E-state index in [0.717, 1.165) is 4.47 Å². The summed E-state index contributed by atoms with van der Waals surface area (Å²) in [5.41, 5.74) is -0.964. The predicted octanol–water partition coefficient (Wildman–Crippen LogP) is 7.57. The van der Waals surface area contributed by atoms with Gasteiger partial charge in [-0.25, -0.2) is 4.79 Å². The first kappa shape index (κ1) is 27.2. The second-order valence-corrected chi connectivity index (χ2v) is 12.8. The van der Waals surface area contributed by atoms with Crippen LogP contribution in [0.15, 0.2) is 53.0 Å². The number of carbonyl (C=O) groups excluding carboxylic acids is 3. The van der Waals surface area contributed by atoms with E-state index in [4.69, 9.17) is 30.5 Å². The van der Waals surface area contributed by atoms with Crippen LogP contribution in [-0.2, 0) is 19.9 Å². The van der Waals surface area contributed by atoms with Crippen molar-refractivity contribution in [2.24, 2.45) is 10.8 Å². The molecule has 2 heterocycles. The van der Waals surface area contributed by atoms with Crippen LogP contribution in [0.25, 0.3) is 0 Å². The lowest BCUT2D eigenvalue weighted by atomic mass is 9.77. The second kappa shape index (κ2) is 9.10. The van der Waals surface area contributed by atoms with E-state index in [2.05, 4.69) is 15.9 Å². The summed E-state index contributed by atoms with van der Waals surface area (Å²) < 4.78 is 24.4. The number of hydrogen-bond donors (Lipinski definition) is 0. The molecule has 202 valence electrons. The highest BCUT2D eigenvalue weighted by Crippen LogP contribution is 2.59. The van der Waals surface area contributed by atoms with E-state index in [0.29, 0.717) is 22.3 Å². The highest BCUT2D eigenvalue weighted by molar-refractivity contribution is 9.10. The van der Waals surface area contributed by atoms with Gasteiger partial charge in [-0.3, -0.25) is 9.59 Å². The summed E-state index contributed by atoms with van der Waals surface area (Å²) in [4.78, 5) is 38.3. The summed E-state index contributed by atoms with van der Waals surface area (Å²) in [6.07, 6.45) is 0. The first-order valence-electron chi connectivity index (χ1n) is 12.3. The lowest BCUT2D eigenvalue weighted by Gasteiger charge is -2.37. The Morgan fingerprint density at radius 2 is 1.49 bits per heavy atom. The van der Waals surface area contributed by atoms with Crippen molar-refractivity contribution >= 4 is 45.4 Å². The molecular formula is C30H26BrClO7. The minimum absolute atomic E-state index is 0.0340. The average molecular weight is 614 g/mol. The lowest BCUT2D eigenvalue weighted by Crippen LogP contribution is -2.33. The summed E-state index contributed by atoms with van der Waals surface area (Å²) >= 11 is 10.3. The molecule has 0 fully saturated rings. The molecule has 0 bridgehead atoms. The molecule has 2 aliphatic heterocycles. The molecule has 1 unspecified atom stereocenters. The van der Waals surface area contributed by atoms with Crippen LogP contribution in [0.2, 0.25) is 5.02 Å². The Bertz CT molecular complexity index is 1560. The monoisotopic (exact) mass is 612 g/mol. The molecule has 7 nitrogen and oxygen atoms in total. The van der Waals surface area contributed by atoms with Crippen LogP contribution in [0.5, 0.6) is 23.0 Å². The molecule has 1 atom stereocenters. The number of benzene rings is 3. The topological polar surface area (TPSA) is 88.1 Å². The zero-order chi connectivity index (χ0) is 28.5. The third-order valence-corrected chi connectivity index (χ3v) is 7.30. The van der Waals surface area contributed by atoms with E-state index in [1.807, 2.05) is 6.07 Å². The van der Waals surface area contributed by atoms with E-state index in [1.165, 1.54) is 0 Å². The van der Waals surface area contributed by atoms with E-state index in [9.17, 15) is 14.4 Å². The summed E-state index contributed by atoms with van der Waals surface area (Å²) in [6.45, 7) is 10.5. The SMILES string of the molecule is CC(C)(C)C(=O)Oc1ccc2c(c1)Oc1c(ccc(OC(=O)C(C)(C)C)c1Cl)C21OC(=O)c2ccc(Br)cc21. The summed E-state index contributed by atoms with van der Waals surface area (Å²) in [7, 11) is 0. The van der Waals surface area contributed by atoms with Gasteiger partial charge >= 0.3 is 17.9 Å². The molecule has 39 heavy (non-hydrogen) atoms. The Morgan fingerprint density at radius 3 is 2.15 bits per heavy atom. The third kappa shape index (κ3) is 4.49. The lowest BCUT2D eigenvalue weighted by molar-refractivity contribution is -0.143. The smallest absolute Gasteiger partial charge is 0.340 e. The summed E-state index contributed by atoms with van der Waals surface area (Å²) in [5, 5.41) is 0.0340. The van der Waals surface area contributed by atoms with Gasteiger partial charge in [-0.1, -0.05) is 27.5 Å². The molecule has 5 rings (SSSR count). The fourth-order valence-electron chi connectivity index (χ4n) is 4.34. The van der Waals surface area contributed by atoms with E-state index in [-0.39, 0.29) is 28.0 Å². The highest BCUT2D eigenvalue weighted by Gasteiger charge is 2.54. The van der Waals surface area contributed by atoms with E-state index >= 15 is 0 Å². The molecular weight excluding hydrogens is 588 g/mol. The third-order valence-electron chi connectivity index (χ3n) is 6.45. The maximum atomic E-state index is 13.2. The molecule has 2 aliphatic rings. The van der Waals surface area contributed by atoms with Crippen molar-refractivity contribution in [3.63, 3.8) is 0 Å². The van der Waals surface area contributed by atoms with Gasteiger partial charge in [-0.2, -0.15) is 0 Å². The average Bonchev–Trinajstić information content (AvgIpc) is 3.11. The van der Waals surface area contributed by atoms with Gasteiger partial charge in [-0.05, 0) is 84.0 Å². The van der Waals surface area contributed by atoms with Crippen LogP contribution in [0.1, 0.15) is 68.6 Å². The van der Waals surface area contributed by atoms with Crippen molar-refractivity contribution < 1.29 is 33.3 Å². The molecule has 0 aromatic heterocycles. The van der Waals surface area contributed by atoms with Crippen LogP contribution < -0.4 is 14.2 Å². The van der Waals surface area contributed by atoms with Crippen molar-refractivity contribution in [1.82, 2.24) is 0 Å². The Morgan fingerprint density at radius 1 is 0.846 bits per heavy atom. The maximum absolute atomic E-state index is 13.2. The van der Waals surface area contributed by atoms with Gasteiger partial charge in [-0.15, -0.1) is 0 Å². The molecule has 1 spiro atoms. The highest BCUT2D eigenvalue weighted by atomic mass is 79.9. The Labute approximate surface area is 239 Å². The van der Waals surface area contributed by atoms with Gasteiger partial charge in [0.25, 0.3) is 0 Å². The predicted molar refractivity (Wildman–Crippen MR) is 148 cm³/mol. The van der Waals surface area contributed by atoms with Crippen LogP contribution in [-0.4, -0.2) is 17.9 Å². The number of halogens is 2. The van der Waals surface area contributed by atoms with Crippen molar-refractivity contribution in [2.45, 2.75) is 47.1 Å². The molecule has 0 radical (unpaired) electrons. The maximum Gasteiger partial charge on any atom is 0.340 e. The Hall–Kier alpha value is -3.36. The number of esters is 3. The van der Waals surface area contributed by atoms with Gasteiger partial charge in [0, 0.05) is 27.2 Å². The van der Waals surface area contributed by atoms with Crippen LogP contribution in [0, 0.1) is 10.8 Å². The first-order chi connectivity index (χ1) is 18.1. The minimum Gasteiger partial charge on any atom is -0.455 e. The van der Waals surface area contributed by atoms with Gasteiger partial charge in [0.1, 0.15) is 16.5 Å². The standard InChI is InChI=1S/C30H26BrClO7/c1-28(2,3)26(34)36-16-8-10-18-22(14-16)37-24-19(11-12-21(23(24)32)38-27(35)29(4,5)6)30(18)20-13-15(31)7-9-17(20)25(33)39-30/h7-14H,1-6H3. The fraction of sp³-hybridized carbons (Fsp3) is 0.300. The second-order valence-electron chi connectivity index (χ2n) is 11.6. The molecule has 0 aliphatic carbocycles.